The summed E-state index contributed by atoms with van der Waals surface area (Å²) in [4.78, 5) is 5.53. The van der Waals surface area contributed by atoms with E-state index in [0.717, 1.165) is 5.01 Å². The van der Waals surface area contributed by atoms with Crippen LogP contribution in [-0.4, -0.2) is 4.98 Å². The first-order chi connectivity index (χ1) is 5.44. The number of nitrogens with zero attached hydrogens (tertiary/aromatic N) is 1. The molecule has 2 N–H and O–H groups in total. The minimum atomic E-state index is -0.279. The van der Waals surface area contributed by atoms with Gasteiger partial charge in [0, 0.05) is 11.1 Å². The van der Waals surface area contributed by atoms with E-state index in [-0.39, 0.29) is 5.54 Å². The average Bonchev–Trinajstić information content (AvgIpc) is 2.35. The van der Waals surface area contributed by atoms with E-state index in [0.29, 0.717) is 5.92 Å². The van der Waals surface area contributed by atoms with E-state index < -0.39 is 0 Å². The van der Waals surface area contributed by atoms with Gasteiger partial charge in [-0.25, -0.2) is 4.98 Å². The Morgan fingerprint density at radius 3 is 2.50 bits per heavy atom. The lowest BCUT2D eigenvalue weighted by Crippen LogP contribution is -2.38. The molecule has 1 aromatic heterocycles. The fourth-order valence-electron chi connectivity index (χ4n) is 0.851. The number of hydrogen-bond donors (Lipinski definition) is 1. The van der Waals surface area contributed by atoms with Gasteiger partial charge >= 0.3 is 0 Å². The largest absolute Gasteiger partial charge is 0.319 e. The Balaban J connectivity index is 2.97. The minimum absolute atomic E-state index is 0.279. The molecule has 0 aromatic carbocycles. The van der Waals surface area contributed by atoms with Crippen molar-refractivity contribution in [2.45, 2.75) is 33.2 Å². The van der Waals surface area contributed by atoms with Crippen LogP contribution in [0.2, 0.25) is 0 Å². The van der Waals surface area contributed by atoms with Crippen LogP contribution in [-0.2, 0) is 5.54 Å². The maximum Gasteiger partial charge on any atom is 0.113 e. The van der Waals surface area contributed by atoms with E-state index >= 15 is 0 Å². The lowest BCUT2D eigenvalue weighted by Gasteiger charge is -2.26. The highest BCUT2D eigenvalue weighted by molar-refractivity contribution is 7.11. The predicted molar refractivity (Wildman–Crippen MR) is 53.2 cm³/mol. The minimum Gasteiger partial charge on any atom is -0.319 e. The third-order valence-electron chi connectivity index (χ3n) is 2.28. The summed E-state index contributed by atoms with van der Waals surface area (Å²) in [5.74, 6) is 0.419. The van der Waals surface area contributed by atoms with Gasteiger partial charge in [0.2, 0.25) is 0 Å². The van der Waals surface area contributed by atoms with Crippen molar-refractivity contribution in [3.63, 3.8) is 0 Å². The molecule has 0 saturated carbocycles. The van der Waals surface area contributed by atoms with E-state index in [9.17, 15) is 0 Å². The molecule has 1 unspecified atom stereocenters. The van der Waals surface area contributed by atoms with Crippen molar-refractivity contribution in [2.75, 3.05) is 0 Å². The molecule has 1 heterocycles. The Morgan fingerprint density at radius 1 is 1.58 bits per heavy atom. The zero-order valence-corrected chi connectivity index (χ0v) is 8.90. The van der Waals surface area contributed by atoms with Crippen molar-refractivity contribution in [2.24, 2.45) is 11.7 Å². The van der Waals surface area contributed by atoms with Crippen LogP contribution in [0.1, 0.15) is 30.7 Å². The molecule has 0 aliphatic carbocycles. The fourth-order valence-corrected chi connectivity index (χ4v) is 1.82. The van der Waals surface area contributed by atoms with E-state index in [1.165, 1.54) is 4.88 Å². The van der Waals surface area contributed by atoms with Gasteiger partial charge in [-0.05, 0) is 19.8 Å². The van der Waals surface area contributed by atoms with Crippen molar-refractivity contribution in [1.82, 2.24) is 4.98 Å². The second-order valence-electron chi connectivity index (χ2n) is 3.71. The third kappa shape index (κ3) is 1.67. The van der Waals surface area contributed by atoms with Crippen molar-refractivity contribution in [3.8, 4) is 0 Å². The summed E-state index contributed by atoms with van der Waals surface area (Å²) in [7, 11) is 0. The molecule has 1 rings (SSSR count). The van der Waals surface area contributed by atoms with Crippen molar-refractivity contribution >= 4 is 11.3 Å². The van der Waals surface area contributed by atoms with Crippen LogP contribution >= 0.6 is 11.3 Å². The Hall–Kier alpha value is -0.410. The molecule has 12 heavy (non-hydrogen) atoms. The van der Waals surface area contributed by atoms with Crippen LogP contribution in [0.5, 0.6) is 0 Å². The number of aryl methyl sites for hydroxylation is 1. The lowest BCUT2D eigenvalue weighted by atomic mass is 9.90. The van der Waals surface area contributed by atoms with Gasteiger partial charge in [-0.1, -0.05) is 13.8 Å². The predicted octanol–water partition coefficient (Wildman–Crippen LogP) is 2.28. The molecule has 0 radical (unpaired) electrons. The quantitative estimate of drug-likeness (QED) is 0.766. The molecular weight excluding hydrogens is 168 g/mol. The number of thiazole rings is 1. The number of nitrogens with two attached hydrogens (primary N) is 1. The van der Waals surface area contributed by atoms with Gasteiger partial charge in [-0.15, -0.1) is 11.3 Å². The van der Waals surface area contributed by atoms with Gasteiger partial charge in [0.25, 0.3) is 0 Å². The lowest BCUT2D eigenvalue weighted by molar-refractivity contribution is 0.349. The standard InChI is InChI=1S/C9H16N2S/c1-6(2)9(4,10)8-11-5-7(3)12-8/h5-6H,10H2,1-4H3. The highest BCUT2D eigenvalue weighted by Crippen LogP contribution is 2.29. The van der Waals surface area contributed by atoms with Gasteiger partial charge in [0.15, 0.2) is 0 Å². The summed E-state index contributed by atoms with van der Waals surface area (Å²) in [5, 5.41) is 1.04. The fraction of sp³-hybridized carbons (Fsp3) is 0.667. The first-order valence-electron chi connectivity index (χ1n) is 4.16. The zero-order valence-electron chi connectivity index (χ0n) is 8.09. The summed E-state index contributed by atoms with van der Waals surface area (Å²) in [6, 6.07) is 0. The first-order valence-corrected chi connectivity index (χ1v) is 4.98. The van der Waals surface area contributed by atoms with Crippen LogP contribution in [0.25, 0.3) is 0 Å². The molecule has 0 bridgehead atoms. The Kier molecular flexibility index (Phi) is 2.54. The van der Waals surface area contributed by atoms with Gasteiger partial charge in [-0.3, -0.25) is 0 Å². The molecule has 0 aliphatic heterocycles. The summed E-state index contributed by atoms with van der Waals surface area (Å²) in [5.41, 5.74) is 5.86. The molecule has 1 atom stereocenters. The number of aromatic nitrogens is 1. The van der Waals surface area contributed by atoms with E-state index in [1.807, 2.05) is 13.1 Å². The van der Waals surface area contributed by atoms with Crippen LogP contribution < -0.4 is 5.73 Å². The average molecular weight is 184 g/mol. The second kappa shape index (κ2) is 3.15. The second-order valence-corrected chi connectivity index (χ2v) is 4.95. The zero-order chi connectivity index (χ0) is 9.35. The molecule has 0 spiro atoms. The summed E-state index contributed by atoms with van der Waals surface area (Å²) in [6.07, 6.45) is 1.88. The summed E-state index contributed by atoms with van der Waals surface area (Å²) in [6.45, 7) is 8.33. The Morgan fingerprint density at radius 2 is 2.17 bits per heavy atom. The molecule has 1 aromatic rings. The van der Waals surface area contributed by atoms with Crippen LogP contribution in [0.3, 0.4) is 0 Å². The van der Waals surface area contributed by atoms with Crippen LogP contribution in [0, 0.1) is 12.8 Å². The Labute approximate surface area is 77.8 Å². The Bertz CT molecular complexity index is 263. The number of hydrogen-bond acceptors (Lipinski definition) is 3. The highest BCUT2D eigenvalue weighted by Gasteiger charge is 2.28. The van der Waals surface area contributed by atoms with E-state index in [1.54, 1.807) is 11.3 Å². The number of rotatable bonds is 2. The van der Waals surface area contributed by atoms with Crippen LogP contribution in [0.15, 0.2) is 6.20 Å². The normalized spacial score (nSPS) is 16.5. The van der Waals surface area contributed by atoms with Crippen molar-refractivity contribution in [1.29, 1.82) is 0 Å². The monoisotopic (exact) mass is 184 g/mol. The maximum absolute atomic E-state index is 6.14. The summed E-state index contributed by atoms with van der Waals surface area (Å²) >= 11 is 1.69. The molecule has 68 valence electrons. The van der Waals surface area contributed by atoms with Gasteiger partial charge in [-0.2, -0.15) is 0 Å². The SMILES string of the molecule is Cc1cnc(C(C)(N)C(C)C)s1. The molecule has 0 fully saturated rings. The van der Waals surface area contributed by atoms with Gasteiger partial charge < -0.3 is 5.73 Å². The maximum atomic E-state index is 6.14. The van der Waals surface area contributed by atoms with Crippen molar-refractivity contribution in [3.05, 3.63) is 16.1 Å². The molecule has 2 nitrogen and oxygen atoms in total. The molecule has 3 heteroatoms. The topological polar surface area (TPSA) is 38.9 Å². The van der Waals surface area contributed by atoms with E-state index in [2.05, 4.69) is 25.8 Å². The first kappa shape index (κ1) is 9.68. The summed E-state index contributed by atoms with van der Waals surface area (Å²) < 4.78 is 0. The van der Waals surface area contributed by atoms with E-state index in [4.69, 9.17) is 5.73 Å². The van der Waals surface area contributed by atoms with Gasteiger partial charge in [0.1, 0.15) is 5.01 Å². The third-order valence-corrected chi connectivity index (χ3v) is 3.45. The molecule has 0 saturated heterocycles. The molecule has 0 amide bonds. The molecule has 0 aliphatic rings. The highest BCUT2D eigenvalue weighted by atomic mass is 32.1. The molecular formula is C9H16N2S. The van der Waals surface area contributed by atoms with Crippen LogP contribution in [0.4, 0.5) is 0 Å². The van der Waals surface area contributed by atoms with Crippen molar-refractivity contribution < 1.29 is 0 Å². The van der Waals surface area contributed by atoms with Gasteiger partial charge in [0.05, 0.1) is 5.54 Å². The smallest absolute Gasteiger partial charge is 0.113 e.